The van der Waals surface area contributed by atoms with Crippen LogP contribution in [0, 0.1) is 0 Å². The van der Waals surface area contributed by atoms with Crippen LogP contribution in [0.5, 0.6) is 11.5 Å². The lowest BCUT2D eigenvalue weighted by molar-refractivity contribution is -0.932. The molecule has 1 saturated heterocycles. The van der Waals surface area contributed by atoms with E-state index in [0.29, 0.717) is 6.61 Å². The molecule has 0 saturated carbocycles. The van der Waals surface area contributed by atoms with Gasteiger partial charge in [-0.05, 0) is 23.6 Å². The molecule has 1 fully saturated rings. The number of aliphatic hydroxyl groups is 1. The van der Waals surface area contributed by atoms with E-state index in [9.17, 15) is 5.11 Å². The van der Waals surface area contributed by atoms with E-state index in [2.05, 4.69) is 51.1 Å². The number of quaternary nitrogens is 1. The minimum Gasteiger partial charge on any atom is -1.00 e. The Kier molecular flexibility index (Phi) is 8.60. The average molecular weight is 434 g/mol. The highest BCUT2D eigenvalue weighted by molar-refractivity contribution is 5.44. The molecule has 166 valence electrons. The lowest BCUT2D eigenvalue weighted by atomic mass is 9.86. The van der Waals surface area contributed by atoms with Gasteiger partial charge in [-0.15, -0.1) is 0 Å². The third-order valence-electron chi connectivity index (χ3n) is 5.90. The predicted octanol–water partition coefficient (Wildman–Crippen LogP) is 1.55. The van der Waals surface area contributed by atoms with E-state index < -0.39 is 6.10 Å². The van der Waals surface area contributed by atoms with Gasteiger partial charge in [-0.3, -0.25) is 0 Å². The molecule has 0 amide bonds. The zero-order valence-corrected chi connectivity index (χ0v) is 19.5. The van der Waals surface area contributed by atoms with Gasteiger partial charge in [-0.1, -0.05) is 51.1 Å². The highest BCUT2D eigenvalue weighted by Crippen LogP contribution is 2.34. The summed E-state index contributed by atoms with van der Waals surface area (Å²) in [6.45, 7) is 10.8. The summed E-state index contributed by atoms with van der Waals surface area (Å²) in [6, 6.07) is 16.5. The highest BCUT2D eigenvalue weighted by atomic mass is 35.5. The van der Waals surface area contributed by atoms with E-state index in [1.165, 1.54) is 18.4 Å². The van der Waals surface area contributed by atoms with E-state index in [4.69, 9.17) is 9.47 Å². The van der Waals surface area contributed by atoms with Crippen molar-refractivity contribution < 1.29 is 31.5 Å². The standard InChI is InChI=1S/C25H36NO3.ClH/c1-25(2,3)23-16-22(28-4)12-13-24(23)29-19-21(27)18-26(14-8-9-15-26)17-20-10-6-5-7-11-20;/h5-7,10-13,16,21,27H,8-9,14-15,17-19H2,1-4H3;1H/q+1;/p-1. The van der Waals surface area contributed by atoms with Gasteiger partial charge in [-0.25, -0.2) is 0 Å². The Bertz CT molecular complexity index is 783. The molecule has 1 atom stereocenters. The first kappa shape index (κ1) is 24.5. The number of ether oxygens (including phenoxy) is 2. The van der Waals surface area contributed by atoms with Crippen LogP contribution in [0.4, 0.5) is 0 Å². The quantitative estimate of drug-likeness (QED) is 0.642. The summed E-state index contributed by atoms with van der Waals surface area (Å²) < 4.78 is 12.4. The monoisotopic (exact) mass is 433 g/mol. The molecule has 30 heavy (non-hydrogen) atoms. The number of benzene rings is 2. The summed E-state index contributed by atoms with van der Waals surface area (Å²) in [5.41, 5.74) is 2.37. The van der Waals surface area contributed by atoms with Crippen molar-refractivity contribution >= 4 is 0 Å². The highest BCUT2D eigenvalue weighted by Gasteiger charge is 2.34. The maximum absolute atomic E-state index is 10.8. The largest absolute Gasteiger partial charge is 1.00 e. The number of hydrogen-bond donors (Lipinski definition) is 1. The molecule has 4 nitrogen and oxygen atoms in total. The average Bonchev–Trinajstić information content (AvgIpc) is 3.14. The van der Waals surface area contributed by atoms with E-state index >= 15 is 0 Å². The number of hydrogen-bond acceptors (Lipinski definition) is 3. The van der Waals surface area contributed by atoms with Gasteiger partial charge in [0.25, 0.3) is 0 Å². The van der Waals surface area contributed by atoms with Gasteiger partial charge < -0.3 is 31.5 Å². The maximum atomic E-state index is 10.8. The molecule has 1 aliphatic rings. The molecule has 0 spiro atoms. The van der Waals surface area contributed by atoms with Crippen LogP contribution in [-0.2, 0) is 12.0 Å². The Morgan fingerprint density at radius 1 is 1.03 bits per heavy atom. The van der Waals surface area contributed by atoms with Gasteiger partial charge in [0.2, 0.25) is 0 Å². The third-order valence-corrected chi connectivity index (χ3v) is 5.90. The third kappa shape index (κ3) is 6.37. The fourth-order valence-electron chi connectivity index (χ4n) is 4.42. The number of halogens is 1. The number of likely N-dealkylation sites (tertiary alicyclic amines) is 1. The first-order valence-electron chi connectivity index (χ1n) is 10.7. The van der Waals surface area contributed by atoms with Crippen molar-refractivity contribution in [3.8, 4) is 11.5 Å². The number of rotatable bonds is 8. The van der Waals surface area contributed by atoms with E-state index in [1.54, 1.807) is 7.11 Å². The van der Waals surface area contributed by atoms with Crippen molar-refractivity contribution in [1.29, 1.82) is 0 Å². The Morgan fingerprint density at radius 3 is 2.30 bits per heavy atom. The molecule has 0 bridgehead atoms. The minimum absolute atomic E-state index is 0. The zero-order valence-electron chi connectivity index (χ0n) is 18.7. The van der Waals surface area contributed by atoms with E-state index in [0.717, 1.165) is 47.7 Å². The molecule has 0 radical (unpaired) electrons. The smallest absolute Gasteiger partial charge is 0.137 e. The van der Waals surface area contributed by atoms with Crippen LogP contribution in [0.3, 0.4) is 0 Å². The Labute approximate surface area is 187 Å². The molecule has 2 aromatic rings. The predicted molar refractivity (Wildman–Crippen MR) is 117 cm³/mol. The summed E-state index contributed by atoms with van der Waals surface area (Å²) >= 11 is 0. The normalized spacial score (nSPS) is 16.6. The van der Waals surface area contributed by atoms with Crippen LogP contribution < -0.4 is 21.9 Å². The second-order valence-electron chi connectivity index (χ2n) is 9.40. The second kappa shape index (κ2) is 10.5. The Morgan fingerprint density at radius 2 is 1.70 bits per heavy atom. The molecule has 1 unspecified atom stereocenters. The number of nitrogens with zero attached hydrogens (tertiary/aromatic N) is 1. The van der Waals surface area contributed by atoms with Crippen molar-refractivity contribution in [1.82, 2.24) is 0 Å². The summed E-state index contributed by atoms with van der Waals surface area (Å²) in [6.07, 6.45) is 1.96. The molecular weight excluding hydrogens is 398 g/mol. The topological polar surface area (TPSA) is 38.7 Å². The van der Waals surface area contributed by atoms with Gasteiger partial charge >= 0.3 is 0 Å². The lowest BCUT2D eigenvalue weighted by Gasteiger charge is -2.36. The first-order valence-corrected chi connectivity index (χ1v) is 10.7. The van der Waals surface area contributed by atoms with Crippen LogP contribution in [0.1, 0.15) is 44.7 Å². The van der Waals surface area contributed by atoms with Gasteiger partial charge in [0, 0.05) is 24.0 Å². The van der Waals surface area contributed by atoms with Gasteiger partial charge in [0.15, 0.2) is 0 Å². The first-order chi connectivity index (χ1) is 13.8. The van der Waals surface area contributed by atoms with E-state index in [-0.39, 0.29) is 17.8 Å². The number of methoxy groups -OCH3 is 1. The van der Waals surface area contributed by atoms with Crippen LogP contribution >= 0.6 is 0 Å². The summed E-state index contributed by atoms with van der Waals surface area (Å²) in [4.78, 5) is 0. The Hall–Kier alpha value is -1.75. The molecule has 3 rings (SSSR count). The minimum atomic E-state index is -0.494. The summed E-state index contributed by atoms with van der Waals surface area (Å²) in [5, 5.41) is 10.8. The fraction of sp³-hybridized carbons (Fsp3) is 0.520. The lowest BCUT2D eigenvalue weighted by Crippen LogP contribution is -3.00. The maximum Gasteiger partial charge on any atom is 0.137 e. The SMILES string of the molecule is COc1ccc(OCC(O)C[N+]2(Cc3ccccc3)CCCC2)c(C(C)(C)C)c1.[Cl-]. The number of aliphatic hydroxyl groups excluding tert-OH is 1. The molecule has 1 heterocycles. The van der Waals surface area contributed by atoms with Crippen molar-refractivity contribution in [3.05, 3.63) is 59.7 Å². The van der Waals surface area contributed by atoms with Gasteiger partial charge in [0.05, 0.1) is 20.2 Å². The molecule has 5 heteroatoms. The van der Waals surface area contributed by atoms with Crippen molar-refractivity contribution in [2.75, 3.05) is 33.4 Å². The van der Waals surface area contributed by atoms with Crippen molar-refractivity contribution in [2.24, 2.45) is 0 Å². The fourth-order valence-corrected chi connectivity index (χ4v) is 4.42. The van der Waals surface area contributed by atoms with Crippen LogP contribution in [0.25, 0.3) is 0 Å². The van der Waals surface area contributed by atoms with Crippen molar-refractivity contribution in [2.45, 2.75) is 51.7 Å². The van der Waals surface area contributed by atoms with Crippen LogP contribution in [0.15, 0.2) is 48.5 Å². The van der Waals surface area contributed by atoms with Crippen molar-refractivity contribution in [3.63, 3.8) is 0 Å². The van der Waals surface area contributed by atoms with Crippen LogP contribution in [0.2, 0.25) is 0 Å². The second-order valence-corrected chi connectivity index (χ2v) is 9.40. The van der Waals surface area contributed by atoms with E-state index in [1.807, 2.05) is 18.2 Å². The van der Waals surface area contributed by atoms with Gasteiger partial charge in [0.1, 0.15) is 37.3 Å². The van der Waals surface area contributed by atoms with Crippen LogP contribution in [-0.4, -0.2) is 49.0 Å². The molecule has 2 aromatic carbocycles. The molecule has 0 aliphatic carbocycles. The zero-order chi connectivity index (χ0) is 20.9. The molecule has 0 aromatic heterocycles. The molecular formula is C25H36ClNO3. The summed E-state index contributed by atoms with van der Waals surface area (Å²) in [5.74, 6) is 1.65. The Balaban J connectivity index is 0.00000320. The molecule has 1 aliphatic heterocycles. The van der Waals surface area contributed by atoms with Gasteiger partial charge in [-0.2, -0.15) is 0 Å². The molecule has 1 N–H and O–H groups in total. The summed E-state index contributed by atoms with van der Waals surface area (Å²) in [7, 11) is 1.68.